The van der Waals surface area contributed by atoms with Gasteiger partial charge in [-0.3, -0.25) is 0 Å². The lowest BCUT2D eigenvalue weighted by atomic mass is 9.66. The van der Waals surface area contributed by atoms with Gasteiger partial charge in [-0.25, -0.2) is 0 Å². The minimum Gasteiger partial charge on any atom is -0.0623 e. The molecule has 1 aliphatic rings. The summed E-state index contributed by atoms with van der Waals surface area (Å²) >= 11 is 0. The van der Waals surface area contributed by atoms with Crippen LogP contribution in [0.3, 0.4) is 0 Å². The van der Waals surface area contributed by atoms with Crippen molar-refractivity contribution in [2.75, 3.05) is 0 Å². The number of rotatable bonds is 22. The van der Waals surface area contributed by atoms with Gasteiger partial charge in [0, 0.05) is 0 Å². The molecule has 0 saturated heterocycles. The average molecular weight is 1660 g/mol. The van der Waals surface area contributed by atoms with Gasteiger partial charge >= 0.3 is 0 Å². The van der Waals surface area contributed by atoms with Gasteiger partial charge < -0.3 is 0 Å². The third-order valence-electron chi connectivity index (χ3n) is 26.8. The minimum atomic E-state index is -2.93. The van der Waals surface area contributed by atoms with Gasteiger partial charge in [0.25, 0.3) is 0 Å². The van der Waals surface area contributed by atoms with Crippen LogP contribution in [0.15, 0.2) is 546 Å². The molecule has 0 radical (unpaired) electrons. The lowest BCUT2D eigenvalue weighted by Crippen LogP contribution is -2.74. The molecule has 0 bridgehead atoms. The van der Waals surface area contributed by atoms with E-state index in [-0.39, 0.29) is 0 Å². The molecule has 125 heavy (non-hydrogen) atoms. The number of hydrogen-bond acceptors (Lipinski definition) is 0. The van der Waals surface area contributed by atoms with Gasteiger partial charge in [0.1, 0.15) is 0 Å². The van der Waals surface area contributed by atoms with E-state index >= 15 is 0 Å². The van der Waals surface area contributed by atoms with Gasteiger partial charge in [0.15, 0.2) is 32.3 Å². The second-order valence-corrected chi connectivity index (χ2v) is 48.4. The second kappa shape index (κ2) is 33.6. The molecular weight excluding hydrogens is 1570 g/mol. The molecule has 0 aromatic heterocycles. The average Bonchev–Trinajstić information content (AvgIpc) is 1.58. The first kappa shape index (κ1) is 77.6. The summed E-state index contributed by atoms with van der Waals surface area (Å²) in [4.78, 5) is 0. The van der Waals surface area contributed by atoms with E-state index in [1.54, 1.807) is 0 Å². The van der Waals surface area contributed by atoms with Crippen molar-refractivity contribution >= 4 is 115 Å². The molecule has 0 N–H and O–H groups in total. The Morgan fingerprint density at radius 2 is 0.248 bits per heavy atom. The van der Waals surface area contributed by atoms with Crippen molar-refractivity contribution in [2.24, 2.45) is 0 Å². The van der Waals surface area contributed by atoms with Gasteiger partial charge in [-0.1, -0.05) is 510 Å². The van der Waals surface area contributed by atoms with Crippen molar-refractivity contribution in [1.82, 2.24) is 0 Å². The molecule has 4 heteroatoms. The van der Waals surface area contributed by atoms with E-state index < -0.39 is 37.7 Å². The monoisotopic (exact) mass is 1650 g/mol. The summed E-state index contributed by atoms with van der Waals surface area (Å²) in [5.74, 6) is 0. The van der Waals surface area contributed by atoms with Crippen LogP contribution in [0.25, 0.3) is 55.6 Å². The molecule has 0 amide bonds. The Labute approximate surface area is 738 Å². The Hall–Kier alpha value is -14.7. The van der Waals surface area contributed by atoms with Crippen molar-refractivity contribution in [3.05, 3.63) is 568 Å². The summed E-state index contributed by atoms with van der Waals surface area (Å²) < 4.78 is 0. The van der Waals surface area contributed by atoms with Crippen molar-refractivity contribution in [1.29, 1.82) is 0 Å². The molecule has 0 nitrogen and oxygen atoms in total. The maximum Gasteiger partial charge on any atom is 0.179 e. The first-order chi connectivity index (χ1) is 62.0. The lowest BCUT2D eigenvalue weighted by Gasteiger charge is -2.36. The number of fused-ring (bicyclic) bond motifs is 3. The normalized spacial score (nSPS) is 12.4. The van der Waals surface area contributed by atoms with Crippen LogP contribution in [0.1, 0.15) is 22.3 Å². The summed E-state index contributed by atoms with van der Waals surface area (Å²) in [6.45, 7) is 0. The lowest BCUT2D eigenvalue weighted by molar-refractivity contribution is 0.770. The van der Waals surface area contributed by atoms with Crippen LogP contribution in [-0.4, -0.2) is 32.3 Å². The van der Waals surface area contributed by atoms with E-state index in [9.17, 15) is 0 Å². The zero-order valence-electron chi connectivity index (χ0n) is 69.5. The van der Waals surface area contributed by atoms with Gasteiger partial charge in [-0.2, -0.15) is 0 Å². The van der Waals surface area contributed by atoms with E-state index in [1.165, 1.54) is 116 Å². The van der Waals surface area contributed by atoms with Crippen LogP contribution in [0.4, 0.5) is 0 Å². The van der Waals surface area contributed by atoms with Gasteiger partial charge in [0.2, 0.25) is 0 Å². The molecule has 0 atom stereocenters. The number of benzene rings is 20. The summed E-state index contributed by atoms with van der Waals surface area (Å²) in [7, 11) is -11.7. The zero-order valence-corrected chi connectivity index (χ0v) is 73.5. The van der Waals surface area contributed by atoms with Crippen LogP contribution < -0.4 is 83.0 Å². The highest BCUT2D eigenvalue weighted by atomic mass is 28.3. The van der Waals surface area contributed by atoms with Crippen molar-refractivity contribution < 1.29 is 0 Å². The standard InChI is InChI=1S/C121H90Si4/c1-13-41-101(42-14-1)122(102-43-15-2-16-44-102,103-45-17-3-18-46-103)113-77-69-91(70-78-113)95-85-96(92-71-79-114(80-72-92)123(104-47-19-4-20-48-104,105-49-21-5-22-50-105)106-51-23-6-24-52-106)88-99(87-95)121(119-67-39-37-65-117(119)118-66-38-40-68-120(118)121)100-89-97(93-73-81-115(82-74-93)124(107-53-25-7-26-54-107,108-55-27-8-28-56-108)109-57-29-9-30-58-109)86-98(90-100)94-75-83-116(84-76-94)125(110-59-31-10-32-60-110,111-61-33-11-34-62-111)112-63-35-12-36-64-112/h1-90H. The van der Waals surface area contributed by atoms with Crippen LogP contribution in [0, 0.1) is 0 Å². The molecule has 0 heterocycles. The van der Waals surface area contributed by atoms with Crippen LogP contribution in [0.2, 0.25) is 0 Å². The van der Waals surface area contributed by atoms with E-state index in [2.05, 4.69) is 546 Å². The molecular formula is C121H90Si4. The molecule has 0 spiro atoms. The molecule has 21 rings (SSSR count). The smallest absolute Gasteiger partial charge is 0.0623 e. The maximum atomic E-state index is 2.57. The third-order valence-corrected chi connectivity index (χ3v) is 46.0. The predicted octanol–water partition coefficient (Wildman–Crippen LogP) is 18.2. The fourth-order valence-electron chi connectivity index (χ4n) is 21.3. The summed E-state index contributed by atoms with van der Waals surface area (Å²) in [6, 6.07) is 209. The molecule has 0 fully saturated rings. The molecule has 20 aromatic carbocycles. The molecule has 0 aliphatic heterocycles. The minimum absolute atomic E-state index is 0.902. The Balaban J connectivity index is 0.827. The van der Waals surface area contributed by atoms with Crippen LogP contribution >= 0.6 is 0 Å². The Kier molecular flexibility index (Phi) is 20.8. The Morgan fingerprint density at radius 3 is 0.408 bits per heavy atom. The van der Waals surface area contributed by atoms with Crippen molar-refractivity contribution in [3.63, 3.8) is 0 Å². The molecule has 0 saturated carbocycles. The highest BCUT2D eigenvalue weighted by Crippen LogP contribution is 2.58. The van der Waals surface area contributed by atoms with Crippen molar-refractivity contribution in [2.45, 2.75) is 5.41 Å². The van der Waals surface area contributed by atoms with E-state index in [0.29, 0.717) is 0 Å². The topological polar surface area (TPSA) is 0 Å². The highest BCUT2D eigenvalue weighted by molar-refractivity contribution is 7.22. The number of hydrogen-bond donors (Lipinski definition) is 0. The predicted molar refractivity (Wildman–Crippen MR) is 540 cm³/mol. The van der Waals surface area contributed by atoms with Gasteiger partial charge in [-0.15, -0.1) is 0 Å². The molecule has 0 unspecified atom stereocenters. The van der Waals surface area contributed by atoms with Crippen molar-refractivity contribution in [3.8, 4) is 55.6 Å². The molecule has 1 aliphatic carbocycles. The zero-order chi connectivity index (χ0) is 83.5. The second-order valence-electron chi connectivity index (χ2n) is 33.1. The van der Waals surface area contributed by atoms with E-state index in [0.717, 1.165) is 44.5 Å². The van der Waals surface area contributed by atoms with E-state index in [4.69, 9.17) is 0 Å². The fourth-order valence-corrected chi connectivity index (χ4v) is 40.3. The molecule has 20 aromatic rings. The fraction of sp³-hybridized carbons (Fsp3) is 0.00826. The highest BCUT2D eigenvalue weighted by Gasteiger charge is 2.49. The first-order valence-corrected chi connectivity index (χ1v) is 51.6. The Morgan fingerprint density at radius 1 is 0.112 bits per heavy atom. The summed E-state index contributed by atoms with van der Waals surface area (Å²) in [6.07, 6.45) is 0. The van der Waals surface area contributed by atoms with Crippen LogP contribution in [0.5, 0.6) is 0 Å². The van der Waals surface area contributed by atoms with Gasteiger partial charge in [-0.05, 0) is 197 Å². The summed E-state index contributed by atoms with van der Waals surface area (Å²) in [5, 5.41) is 21.4. The Bertz CT molecular complexity index is 5900. The largest absolute Gasteiger partial charge is 0.179 e. The third kappa shape index (κ3) is 13.3. The quantitative estimate of drug-likeness (QED) is 0.0469. The van der Waals surface area contributed by atoms with E-state index in [1.807, 2.05) is 0 Å². The first-order valence-electron chi connectivity index (χ1n) is 43.6. The summed E-state index contributed by atoms with van der Waals surface area (Å²) in [5.41, 5.74) is 15.5. The maximum absolute atomic E-state index is 2.93. The van der Waals surface area contributed by atoms with Gasteiger partial charge in [0.05, 0.1) is 5.41 Å². The SMILES string of the molecule is c1ccc([Si](c2ccccc2)(c2ccccc2)c2ccc(-c3cc(-c4ccc([Si](c5ccccc5)(c5ccccc5)c5ccccc5)cc4)cc(C4(c5cc(-c6ccc([Si](c7ccccc7)(c7ccccc7)c7ccccc7)cc6)cc(-c6ccc([Si](c7ccccc7)(c7ccccc7)c7ccccc7)cc6)c5)c5ccccc5-c5ccccc54)c3)cc2)cc1. The molecule has 590 valence electrons. The van der Waals surface area contributed by atoms with Crippen LogP contribution in [-0.2, 0) is 5.41 Å².